The molecule has 0 bridgehead atoms. The van der Waals surface area contributed by atoms with Crippen molar-refractivity contribution in [1.82, 2.24) is 0 Å². The van der Waals surface area contributed by atoms with E-state index in [0.29, 0.717) is 12.1 Å². The van der Waals surface area contributed by atoms with Crippen LogP contribution in [-0.2, 0) is 30.4 Å². The Morgan fingerprint density at radius 1 is 0.605 bits per heavy atom. The van der Waals surface area contributed by atoms with Crippen LogP contribution in [-0.4, -0.2) is 54.0 Å². The van der Waals surface area contributed by atoms with Crippen molar-refractivity contribution < 1.29 is 54.0 Å². The van der Waals surface area contributed by atoms with Gasteiger partial charge in [0.05, 0.1) is 26.6 Å². The molecule has 0 saturated heterocycles. The van der Waals surface area contributed by atoms with Crippen molar-refractivity contribution in [1.29, 1.82) is 0 Å². The normalized spacial score (nSPS) is 12.8. The Morgan fingerprint density at radius 2 is 1.00 bits per heavy atom. The lowest BCUT2D eigenvalue weighted by Crippen LogP contribution is -2.01. The molecule has 224 valence electrons. The van der Waals surface area contributed by atoms with Crippen LogP contribution in [0.4, 0.5) is 28.4 Å². The van der Waals surface area contributed by atoms with Gasteiger partial charge in [0.15, 0.2) is 11.5 Å². The summed E-state index contributed by atoms with van der Waals surface area (Å²) < 4.78 is 99.5. The van der Waals surface area contributed by atoms with Crippen molar-refractivity contribution in [3.63, 3.8) is 0 Å². The number of fused-ring (bicyclic) bond motifs is 1. The van der Waals surface area contributed by atoms with Crippen molar-refractivity contribution in [2.24, 2.45) is 20.5 Å². The zero-order valence-corrected chi connectivity index (χ0v) is 23.2. The molecule has 0 heterocycles. The zero-order chi connectivity index (χ0) is 31.9. The average molecular weight is 654 g/mol. The quantitative estimate of drug-likeness (QED) is 0.0744. The number of nitrogens with zero attached hydrogens (tertiary/aromatic N) is 5. The number of phenolic OH excluding ortho intramolecular Hbond substituents is 2. The summed E-state index contributed by atoms with van der Waals surface area (Å²) in [6.07, 6.45) is 0. The van der Waals surface area contributed by atoms with Crippen molar-refractivity contribution in [3.05, 3.63) is 70.8 Å². The summed E-state index contributed by atoms with van der Waals surface area (Å²) >= 11 is 0. The number of phenols is 2. The highest BCUT2D eigenvalue weighted by Crippen LogP contribution is 2.50. The van der Waals surface area contributed by atoms with E-state index < -0.39 is 83.6 Å². The lowest BCUT2D eigenvalue weighted by molar-refractivity contribution is -0.384. The maximum atomic E-state index is 12.1. The van der Waals surface area contributed by atoms with Gasteiger partial charge in [-0.2, -0.15) is 35.5 Å². The fourth-order valence-electron chi connectivity index (χ4n) is 3.59. The number of aromatic hydroxyl groups is 2. The zero-order valence-electron chi connectivity index (χ0n) is 20.7. The standard InChI is InChI=1S/C22H15N5O13S3/c28-21-18-11(9-16(42(35,36)37)19(21)25-23-12-1-5-14(6-2-12)27(30)31)10-17(43(38,39)40)20(22(18)29)26-24-13-3-7-15(8-4-13)41(32,33)34/h1-10,28-29H,(H,32,33,34)(H,35,36,37)(H,38,39,40). The van der Waals surface area contributed by atoms with Crippen LogP contribution in [0.15, 0.2) is 95.8 Å². The first-order valence-corrected chi connectivity index (χ1v) is 15.4. The fraction of sp³-hybridized carbons (Fsp3) is 0. The van der Waals surface area contributed by atoms with E-state index in [4.69, 9.17) is 4.55 Å². The molecule has 0 radical (unpaired) electrons. The molecule has 0 spiro atoms. The molecule has 0 unspecified atom stereocenters. The molecule has 0 saturated carbocycles. The van der Waals surface area contributed by atoms with Gasteiger partial charge in [-0.25, -0.2) is 0 Å². The molecule has 0 atom stereocenters. The maximum absolute atomic E-state index is 12.1. The van der Waals surface area contributed by atoms with E-state index in [1.165, 1.54) is 0 Å². The Kier molecular flexibility index (Phi) is 7.97. The maximum Gasteiger partial charge on any atom is 0.296 e. The third-order valence-corrected chi connectivity index (χ3v) is 8.13. The summed E-state index contributed by atoms with van der Waals surface area (Å²) in [6.45, 7) is 0. The van der Waals surface area contributed by atoms with Gasteiger partial charge in [-0.3, -0.25) is 23.8 Å². The number of nitro groups is 1. The number of benzene rings is 4. The van der Waals surface area contributed by atoms with E-state index in [1.807, 2.05) is 0 Å². The van der Waals surface area contributed by atoms with Crippen LogP contribution >= 0.6 is 0 Å². The molecule has 21 heteroatoms. The van der Waals surface area contributed by atoms with Gasteiger partial charge in [-0.05, 0) is 53.9 Å². The van der Waals surface area contributed by atoms with Crippen LogP contribution < -0.4 is 0 Å². The Hall–Kier alpha value is -4.93. The number of hydrogen-bond donors (Lipinski definition) is 5. The number of hydrogen-bond acceptors (Lipinski definition) is 14. The van der Waals surface area contributed by atoms with Crippen molar-refractivity contribution in [3.8, 4) is 11.5 Å². The predicted octanol–water partition coefficient (Wildman–Crippen LogP) is 4.73. The first kappa shape index (κ1) is 31.0. The average Bonchev–Trinajstić information content (AvgIpc) is 2.90. The number of non-ortho nitro benzene ring substituents is 1. The van der Waals surface area contributed by atoms with Gasteiger partial charge in [0.25, 0.3) is 36.0 Å². The van der Waals surface area contributed by atoms with Crippen molar-refractivity contribution in [2.75, 3.05) is 0 Å². The van der Waals surface area contributed by atoms with Gasteiger partial charge >= 0.3 is 0 Å². The summed E-state index contributed by atoms with van der Waals surface area (Å²) in [6, 6.07) is 9.52. The summed E-state index contributed by atoms with van der Waals surface area (Å²) in [7, 11) is -15.0. The van der Waals surface area contributed by atoms with Gasteiger partial charge in [-0.1, -0.05) is 0 Å². The van der Waals surface area contributed by atoms with Crippen LogP contribution in [0.3, 0.4) is 0 Å². The Bertz CT molecular complexity index is 2180. The van der Waals surface area contributed by atoms with Crippen LogP contribution in [0, 0.1) is 10.1 Å². The van der Waals surface area contributed by atoms with E-state index >= 15 is 0 Å². The van der Waals surface area contributed by atoms with Gasteiger partial charge < -0.3 is 10.2 Å². The SMILES string of the molecule is O=[N+]([O-])c1ccc(N=Nc2c(S(=O)(=O)O)cc3cc(S(=O)(=O)O)c(N=Nc4ccc(S(=O)(=O)O)cc4)c(O)c3c2O)cc1. The van der Waals surface area contributed by atoms with Crippen LogP contribution in [0.1, 0.15) is 0 Å². The van der Waals surface area contributed by atoms with Gasteiger partial charge in [0, 0.05) is 12.1 Å². The molecule has 0 aromatic heterocycles. The van der Waals surface area contributed by atoms with Crippen molar-refractivity contribution in [2.45, 2.75) is 14.7 Å². The first-order valence-electron chi connectivity index (χ1n) is 11.0. The second-order valence-electron chi connectivity index (χ2n) is 8.33. The van der Waals surface area contributed by atoms with E-state index in [-0.39, 0.29) is 17.1 Å². The Labute approximate surface area is 240 Å². The van der Waals surface area contributed by atoms with Crippen LogP contribution in [0.2, 0.25) is 0 Å². The summed E-state index contributed by atoms with van der Waals surface area (Å²) in [5.41, 5.74) is -2.39. The summed E-state index contributed by atoms with van der Waals surface area (Å²) in [5, 5.41) is 46.0. The van der Waals surface area contributed by atoms with Gasteiger partial charge in [0.1, 0.15) is 21.2 Å². The number of rotatable bonds is 8. The van der Waals surface area contributed by atoms with Crippen molar-refractivity contribution >= 4 is 69.6 Å². The van der Waals surface area contributed by atoms with E-state index in [9.17, 15) is 54.7 Å². The molecule has 18 nitrogen and oxygen atoms in total. The Morgan fingerprint density at radius 3 is 1.35 bits per heavy atom. The molecule has 0 aliphatic heterocycles. The third kappa shape index (κ3) is 6.61. The lowest BCUT2D eigenvalue weighted by atomic mass is 10.1. The van der Waals surface area contributed by atoms with E-state index in [1.54, 1.807) is 0 Å². The van der Waals surface area contributed by atoms with E-state index in [0.717, 1.165) is 48.5 Å². The predicted molar refractivity (Wildman–Crippen MR) is 145 cm³/mol. The molecule has 43 heavy (non-hydrogen) atoms. The molecular weight excluding hydrogens is 638 g/mol. The highest BCUT2D eigenvalue weighted by Gasteiger charge is 2.28. The molecule has 0 aliphatic carbocycles. The summed E-state index contributed by atoms with van der Waals surface area (Å²) in [5.74, 6) is -2.31. The second-order valence-corrected chi connectivity index (χ2v) is 12.5. The number of nitro benzene ring substituents is 1. The fourth-order valence-corrected chi connectivity index (χ4v) is 5.38. The number of azo groups is 2. The largest absolute Gasteiger partial charge is 0.505 e. The van der Waals surface area contributed by atoms with Gasteiger partial charge in [-0.15, -0.1) is 10.2 Å². The molecule has 4 rings (SSSR count). The third-order valence-electron chi connectivity index (χ3n) is 5.53. The molecule has 0 fully saturated rings. The molecular formula is C22H15N5O13S3. The minimum absolute atomic E-state index is 0.0631. The highest BCUT2D eigenvalue weighted by atomic mass is 32.2. The molecule has 0 amide bonds. The molecule has 0 aliphatic rings. The topological polar surface area (TPSA) is 296 Å². The monoisotopic (exact) mass is 653 g/mol. The second kappa shape index (κ2) is 11.0. The smallest absolute Gasteiger partial charge is 0.296 e. The van der Waals surface area contributed by atoms with E-state index in [2.05, 4.69) is 20.5 Å². The highest BCUT2D eigenvalue weighted by molar-refractivity contribution is 7.86. The lowest BCUT2D eigenvalue weighted by Gasteiger charge is -2.13. The minimum Gasteiger partial charge on any atom is -0.505 e. The van der Waals surface area contributed by atoms with Gasteiger partial charge in [0.2, 0.25) is 0 Å². The molecule has 5 N–H and O–H groups in total. The molecule has 4 aromatic rings. The minimum atomic E-state index is -5.21. The first-order chi connectivity index (χ1) is 19.9. The Balaban J connectivity index is 1.95. The molecule has 4 aromatic carbocycles. The van der Waals surface area contributed by atoms with Crippen LogP contribution in [0.25, 0.3) is 10.8 Å². The summed E-state index contributed by atoms with van der Waals surface area (Å²) in [4.78, 5) is 7.42. The van der Waals surface area contributed by atoms with Crippen LogP contribution in [0.5, 0.6) is 11.5 Å².